The molecule has 1 amide bonds. The van der Waals surface area contributed by atoms with Crippen LogP contribution >= 0.6 is 0 Å². The van der Waals surface area contributed by atoms with Gasteiger partial charge in [0.15, 0.2) is 0 Å². The highest BCUT2D eigenvalue weighted by Gasteiger charge is 2.28. The number of nitrogens with one attached hydrogen (secondary N) is 1. The quantitative estimate of drug-likeness (QED) is 0.785. The lowest BCUT2D eigenvalue weighted by atomic mass is 9.78. The smallest absolute Gasteiger partial charge is 0.297 e. The molecule has 3 atom stereocenters. The monoisotopic (exact) mass is 353 g/mol. The Kier molecular flexibility index (Phi) is 4.26. The molecule has 26 heavy (non-hydrogen) atoms. The summed E-state index contributed by atoms with van der Waals surface area (Å²) in [6.45, 7) is 4.37. The highest BCUT2D eigenvalue weighted by Crippen LogP contribution is 2.29. The number of para-hydroxylation sites is 1. The molecule has 3 aromatic rings. The molecule has 0 saturated heterocycles. The maximum Gasteiger partial charge on any atom is 0.297 e. The summed E-state index contributed by atoms with van der Waals surface area (Å²) in [5.74, 6) is 0.890. The topological polar surface area (TPSA) is 77.1 Å². The first-order chi connectivity index (χ1) is 12.5. The maximum atomic E-state index is 12.7. The molecule has 6 nitrogen and oxygen atoms in total. The van der Waals surface area contributed by atoms with Crippen LogP contribution in [0.3, 0.4) is 0 Å². The number of nitrogens with zero attached hydrogens (tertiary/aromatic N) is 2. The largest absolute Gasteiger partial charge is 0.448 e. The van der Waals surface area contributed by atoms with Gasteiger partial charge in [0.2, 0.25) is 11.5 Å². The Morgan fingerprint density at radius 3 is 2.96 bits per heavy atom. The maximum absolute atomic E-state index is 12.7. The van der Waals surface area contributed by atoms with Crippen LogP contribution in [0.15, 0.2) is 39.8 Å². The van der Waals surface area contributed by atoms with Crippen LogP contribution in [-0.2, 0) is 11.3 Å². The van der Waals surface area contributed by atoms with Crippen molar-refractivity contribution in [3.63, 3.8) is 0 Å². The van der Waals surface area contributed by atoms with Crippen molar-refractivity contribution >= 4 is 28.0 Å². The minimum absolute atomic E-state index is 0.0452. The molecule has 4 rings (SSSR count). The van der Waals surface area contributed by atoms with E-state index in [1.807, 2.05) is 18.2 Å². The molecule has 1 N–H and O–H groups in total. The van der Waals surface area contributed by atoms with Crippen molar-refractivity contribution in [1.29, 1.82) is 0 Å². The highest BCUT2D eigenvalue weighted by molar-refractivity contribution is 6.01. The Bertz CT molecular complexity index is 1020. The fraction of sp³-hybridized carbons (Fsp3) is 0.450. The Labute approximate surface area is 151 Å². The fourth-order valence-electron chi connectivity index (χ4n) is 3.92. The van der Waals surface area contributed by atoms with Gasteiger partial charge in [-0.05, 0) is 30.4 Å². The molecule has 1 saturated carbocycles. The van der Waals surface area contributed by atoms with E-state index in [0.717, 1.165) is 18.2 Å². The minimum atomic E-state index is -0.327. The number of rotatable bonds is 3. The van der Waals surface area contributed by atoms with Crippen LogP contribution in [0.25, 0.3) is 22.1 Å². The SMILES string of the molecule is C[C@@H]1[C@@H](C)CCC[C@H]1NC(=O)Cn1cnc2c(oc3ccccc32)c1=O. The first-order valence-electron chi connectivity index (χ1n) is 9.20. The first kappa shape index (κ1) is 16.8. The van der Waals surface area contributed by atoms with E-state index in [9.17, 15) is 9.59 Å². The summed E-state index contributed by atoms with van der Waals surface area (Å²) in [6, 6.07) is 7.58. The lowest BCUT2D eigenvalue weighted by Gasteiger charge is -2.34. The molecule has 1 fully saturated rings. The van der Waals surface area contributed by atoms with Crippen LogP contribution in [0.1, 0.15) is 33.1 Å². The zero-order valence-electron chi connectivity index (χ0n) is 15.1. The minimum Gasteiger partial charge on any atom is -0.448 e. The number of furan rings is 1. The summed E-state index contributed by atoms with van der Waals surface area (Å²) in [6.07, 6.45) is 4.76. The Morgan fingerprint density at radius 1 is 1.31 bits per heavy atom. The number of benzene rings is 1. The number of carbonyl (C=O) groups is 1. The van der Waals surface area contributed by atoms with E-state index in [1.165, 1.54) is 17.3 Å². The number of amides is 1. The van der Waals surface area contributed by atoms with Gasteiger partial charge in [-0.2, -0.15) is 0 Å². The molecule has 136 valence electrons. The summed E-state index contributed by atoms with van der Waals surface area (Å²) in [7, 11) is 0. The highest BCUT2D eigenvalue weighted by atomic mass is 16.3. The van der Waals surface area contributed by atoms with Gasteiger partial charge in [-0.15, -0.1) is 0 Å². The number of fused-ring (bicyclic) bond motifs is 3. The van der Waals surface area contributed by atoms with Gasteiger partial charge in [-0.1, -0.05) is 38.8 Å². The standard InChI is InChI=1S/C20H23N3O3/c1-12-6-5-8-15(13(12)2)22-17(24)10-23-11-21-18-14-7-3-4-9-16(14)26-19(18)20(23)25/h3-4,7,9,11-13,15H,5-6,8,10H2,1-2H3,(H,22,24)/t12-,13+,15+/m0/s1. The molecule has 2 aromatic heterocycles. The third-order valence-electron chi connectivity index (χ3n) is 5.72. The number of hydrogen-bond acceptors (Lipinski definition) is 4. The van der Waals surface area contributed by atoms with Crippen molar-refractivity contribution in [1.82, 2.24) is 14.9 Å². The predicted octanol–water partition coefficient (Wildman–Crippen LogP) is 3.08. The van der Waals surface area contributed by atoms with Gasteiger partial charge in [0.05, 0.1) is 6.33 Å². The summed E-state index contributed by atoms with van der Waals surface area (Å²) in [5.41, 5.74) is 1.03. The molecule has 2 heterocycles. The second-order valence-corrected chi connectivity index (χ2v) is 7.39. The van der Waals surface area contributed by atoms with Crippen molar-refractivity contribution in [2.75, 3.05) is 0 Å². The summed E-state index contributed by atoms with van der Waals surface area (Å²) in [5, 5.41) is 3.90. The van der Waals surface area contributed by atoms with Gasteiger partial charge in [0.25, 0.3) is 5.56 Å². The average Bonchev–Trinajstić information content (AvgIpc) is 3.01. The van der Waals surface area contributed by atoms with E-state index in [1.54, 1.807) is 6.07 Å². The second kappa shape index (κ2) is 6.59. The van der Waals surface area contributed by atoms with Crippen LogP contribution in [0, 0.1) is 11.8 Å². The molecular formula is C20H23N3O3. The van der Waals surface area contributed by atoms with Gasteiger partial charge in [0.1, 0.15) is 17.6 Å². The van der Waals surface area contributed by atoms with E-state index in [2.05, 4.69) is 24.1 Å². The third-order valence-corrected chi connectivity index (χ3v) is 5.72. The average molecular weight is 353 g/mol. The van der Waals surface area contributed by atoms with Gasteiger partial charge in [-0.3, -0.25) is 14.2 Å². The van der Waals surface area contributed by atoms with Crippen molar-refractivity contribution in [2.24, 2.45) is 11.8 Å². The molecule has 1 aliphatic rings. The number of hydrogen-bond donors (Lipinski definition) is 1. The van der Waals surface area contributed by atoms with E-state index < -0.39 is 0 Å². The third kappa shape index (κ3) is 2.89. The Hall–Kier alpha value is -2.63. The van der Waals surface area contributed by atoms with Crippen LogP contribution in [-0.4, -0.2) is 21.5 Å². The van der Waals surface area contributed by atoms with Crippen LogP contribution in [0.2, 0.25) is 0 Å². The predicted molar refractivity (Wildman–Crippen MR) is 99.9 cm³/mol. The number of carbonyl (C=O) groups excluding carboxylic acids is 1. The molecule has 1 aromatic carbocycles. The van der Waals surface area contributed by atoms with Crippen LogP contribution in [0.4, 0.5) is 0 Å². The molecule has 6 heteroatoms. The summed E-state index contributed by atoms with van der Waals surface area (Å²) < 4.78 is 6.98. The molecule has 0 aliphatic heterocycles. The zero-order valence-corrected chi connectivity index (χ0v) is 15.1. The first-order valence-corrected chi connectivity index (χ1v) is 9.20. The van der Waals surface area contributed by atoms with Crippen LogP contribution in [0.5, 0.6) is 0 Å². The normalized spacial score (nSPS) is 23.4. The zero-order chi connectivity index (χ0) is 18.3. The lowest BCUT2D eigenvalue weighted by molar-refractivity contribution is -0.123. The molecule has 0 unspecified atom stereocenters. The molecule has 0 bridgehead atoms. The molecule has 0 radical (unpaired) electrons. The Balaban J connectivity index is 1.57. The van der Waals surface area contributed by atoms with Crippen molar-refractivity contribution in [3.8, 4) is 0 Å². The van der Waals surface area contributed by atoms with Gasteiger partial charge in [-0.25, -0.2) is 4.98 Å². The van der Waals surface area contributed by atoms with Gasteiger partial charge >= 0.3 is 0 Å². The van der Waals surface area contributed by atoms with E-state index in [-0.39, 0.29) is 29.6 Å². The molecular weight excluding hydrogens is 330 g/mol. The van der Waals surface area contributed by atoms with E-state index in [0.29, 0.717) is 22.9 Å². The molecule has 0 spiro atoms. The second-order valence-electron chi connectivity index (χ2n) is 7.39. The van der Waals surface area contributed by atoms with Crippen molar-refractivity contribution < 1.29 is 9.21 Å². The fourth-order valence-corrected chi connectivity index (χ4v) is 3.92. The summed E-state index contributed by atoms with van der Waals surface area (Å²) in [4.78, 5) is 29.5. The van der Waals surface area contributed by atoms with Crippen molar-refractivity contribution in [3.05, 3.63) is 40.9 Å². The van der Waals surface area contributed by atoms with Gasteiger partial charge in [0, 0.05) is 11.4 Å². The van der Waals surface area contributed by atoms with E-state index >= 15 is 0 Å². The lowest BCUT2D eigenvalue weighted by Crippen LogP contribution is -2.45. The van der Waals surface area contributed by atoms with Gasteiger partial charge < -0.3 is 9.73 Å². The molecule has 1 aliphatic carbocycles. The van der Waals surface area contributed by atoms with E-state index in [4.69, 9.17) is 4.42 Å². The summed E-state index contributed by atoms with van der Waals surface area (Å²) >= 11 is 0. The van der Waals surface area contributed by atoms with Crippen molar-refractivity contribution in [2.45, 2.75) is 45.7 Å². The number of aromatic nitrogens is 2. The Morgan fingerprint density at radius 2 is 2.12 bits per heavy atom. The van der Waals surface area contributed by atoms with Crippen LogP contribution < -0.4 is 10.9 Å².